The second-order valence-electron chi connectivity index (χ2n) is 10.3. The highest BCUT2D eigenvalue weighted by atomic mass is 19.1. The van der Waals surface area contributed by atoms with E-state index in [-0.39, 0.29) is 28.7 Å². The molecule has 4 rings (SSSR count). The van der Waals surface area contributed by atoms with Crippen LogP contribution >= 0.6 is 0 Å². The predicted octanol–water partition coefficient (Wildman–Crippen LogP) is 3.15. The van der Waals surface area contributed by atoms with Crippen LogP contribution in [0.4, 0.5) is 10.1 Å². The van der Waals surface area contributed by atoms with Gasteiger partial charge in [-0.3, -0.25) is 9.59 Å². The maximum absolute atomic E-state index is 15.1. The van der Waals surface area contributed by atoms with Gasteiger partial charge in [-0.25, -0.2) is 13.9 Å². The third kappa shape index (κ3) is 5.07. The Balaban J connectivity index is 1.69. The number of rotatable bonds is 6. The summed E-state index contributed by atoms with van der Waals surface area (Å²) >= 11 is 0. The number of aryl methyl sites for hydroxylation is 1. The highest BCUT2D eigenvalue weighted by Gasteiger charge is 2.36. The molecule has 1 heterocycles. The number of ether oxygens (including phenoxy) is 1. The van der Waals surface area contributed by atoms with Gasteiger partial charge in [0, 0.05) is 12.5 Å². The van der Waals surface area contributed by atoms with E-state index < -0.39 is 29.4 Å². The van der Waals surface area contributed by atoms with Crippen LogP contribution in [0.2, 0.25) is 0 Å². The number of aromatic nitrogens is 2. The second kappa shape index (κ2) is 9.41. The van der Waals surface area contributed by atoms with Gasteiger partial charge in [-0.15, -0.1) is 0 Å². The molecule has 2 aromatic rings. The number of nitrogens with two attached hydrogens (primary N) is 2. The molecule has 0 spiro atoms. The fourth-order valence-electron chi connectivity index (χ4n) is 5.08. The van der Waals surface area contributed by atoms with Crippen LogP contribution in [0.15, 0.2) is 12.1 Å². The van der Waals surface area contributed by atoms with E-state index in [2.05, 4.69) is 10.4 Å². The van der Waals surface area contributed by atoms with E-state index in [1.807, 2.05) is 13.8 Å². The lowest BCUT2D eigenvalue weighted by Gasteiger charge is -2.29. The molecule has 0 bridgehead atoms. The lowest BCUT2D eigenvalue weighted by molar-refractivity contribution is -0.151. The van der Waals surface area contributed by atoms with E-state index in [9.17, 15) is 14.4 Å². The van der Waals surface area contributed by atoms with E-state index in [1.54, 1.807) is 6.92 Å². The quantitative estimate of drug-likeness (QED) is 0.421. The number of esters is 1. The van der Waals surface area contributed by atoms with E-state index in [0.717, 1.165) is 38.2 Å². The van der Waals surface area contributed by atoms with Crippen molar-refractivity contribution in [1.29, 1.82) is 0 Å². The third-order valence-electron chi connectivity index (χ3n) is 6.69. The minimum absolute atomic E-state index is 0.0138. The normalized spacial score (nSPS) is 18.6. The molecular formula is C25H32FN5O4. The Hall–Kier alpha value is -3.27. The SMILES string of the molecule is Cc1nn(-c2cc(F)c(C(N)=O)c(NC(N)C(=O)OC3CCCCC3)c2)c2c1C(=O)CC(C)(C)C2. The van der Waals surface area contributed by atoms with Crippen molar-refractivity contribution in [1.82, 2.24) is 9.78 Å². The Kier molecular flexibility index (Phi) is 6.68. The van der Waals surface area contributed by atoms with Crippen molar-refractivity contribution in [3.05, 3.63) is 40.5 Å². The molecule has 1 fully saturated rings. The first kappa shape index (κ1) is 24.8. The Morgan fingerprint density at radius 2 is 1.91 bits per heavy atom. The molecule has 1 amide bonds. The van der Waals surface area contributed by atoms with Crippen molar-refractivity contribution in [2.75, 3.05) is 5.32 Å². The number of amides is 1. The molecule has 1 unspecified atom stereocenters. The lowest BCUT2D eigenvalue weighted by Crippen LogP contribution is -2.42. The Bertz CT molecular complexity index is 1180. The van der Waals surface area contributed by atoms with Crippen LogP contribution in [0.3, 0.4) is 0 Å². The van der Waals surface area contributed by atoms with E-state index in [0.29, 0.717) is 29.8 Å². The number of halogens is 1. The lowest BCUT2D eigenvalue weighted by atomic mass is 9.75. The number of benzene rings is 1. The van der Waals surface area contributed by atoms with Gasteiger partial charge in [0.1, 0.15) is 11.9 Å². The summed E-state index contributed by atoms with van der Waals surface area (Å²) in [4.78, 5) is 37.4. The maximum Gasteiger partial charge on any atom is 0.343 e. The molecule has 1 aromatic carbocycles. The minimum Gasteiger partial charge on any atom is -0.460 e. The number of nitrogens with zero attached hydrogens (tertiary/aromatic N) is 2. The first-order valence-corrected chi connectivity index (χ1v) is 11.9. The van der Waals surface area contributed by atoms with E-state index >= 15 is 4.39 Å². The molecule has 0 saturated heterocycles. The summed E-state index contributed by atoms with van der Waals surface area (Å²) < 4.78 is 22.1. The summed E-state index contributed by atoms with van der Waals surface area (Å²) in [6.45, 7) is 5.71. The summed E-state index contributed by atoms with van der Waals surface area (Å²) in [6.07, 6.45) is 4.02. The number of anilines is 1. The van der Waals surface area contributed by atoms with Gasteiger partial charge in [0.2, 0.25) is 0 Å². The standard InChI is InChI=1S/C25H32FN5O4/c1-13-20-18(11-25(2,3)12-19(20)32)31(30-13)14-9-16(26)21(23(28)33)17(10-14)29-22(27)24(34)35-15-7-5-4-6-8-15/h9-10,15,22,29H,4-8,11-12,27H2,1-3H3,(H2,28,33). The number of hydrogen-bond donors (Lipinski definition) is 3. The molecule has 188 valence electrons. The Labute approximate surface area is 203 Å². The summed E-state index contributed by atoms with van der Waals surface area (Å²) in [6, 6.07) is 2.59. The zero-order valence-electron chi connectivity index (χ0n) is 20.3. The molecule has 5 N–H and O–H groups in total. The van der Waals surface area contributed by atoms with Gasteiger partial charge in [0.15, 0.2) is 11.9 Å². The molecule has 35 heavy (non-hydrogen) atoms. The van der Waals surface area contributed by atoms with Crippen molar-refractivity contribution < 1.29 is 23.5 Å². The summed E-state index contributed by atoms with van der Waals surface area (Å²) in [5, 5.41) is 7.19. The molecular weight excluding hydrogens is 453 g/mol. The molecule has 1 saturated carbocycles. The summed E-state index contributed by atoms with van der Waals surface area (Å²) in [5.41, 5.74) is 12.7. The second-order valence-corrected chi connectivity index (χ2v) is 10.3. The smallest absolute Gasteiger partial charge is 0.343 e. The van der Waals surface area contributed by atoms with Gasteiger partial charge in [-0.1, -0.05) is 20.3 Å². The van der Waals surface area contributed by atoms with Crippen molar-refractivity contribution in [3.63, 3.8) is 0 Å². The summed E-state index contributed by atoms with van der Waals surface area (Å²) in [5.74, 6) is -2.62. The van der Waals surface area contributed by atoms with Crippen LogP contribution in [0.25, 0.3) is 5.69 Å². The zero-order valence-corrected chi connectivity index (χ0v) is 20.3. The first-order chi connectivity index (χ1) is 16.5. The van der Waals surface area contributed by atoms with Gasteiger partial charge < -0.3 is 21.5 Å². The number of primary amides is 1. The predicted molar refractivity (Wildman–Crippen MR) is 128 cm³/mol. The number of fused-ring (bicyclic) bond motifs is 1. The van der Waals surface area contributed by atoms with Gasteiger partial charge in [0.25, 0.3) is 5.91 Å². The average molecular weight is 486 g/mol. The summed E-state index contributed by atoms with van der Waals surface area (Å²) in [7, 11) is 0. The van der Waals surface area contributed by atoms with Gasteiger partial charge in [0.05, 0.1) is 33.9 Å². The van der Waals surface area contributed by atoms with E-state index in [1.165, 1.54) is 10.7 Å². The molecule has 10 heteroatoms. The van der Waals surface area contributed by atoms with Gasteiger partial charge >= 0.3 is 5.97 Å². The Morgan fingerprint density at radius 3 is 2.57 bits per heavy atom. The van der Waals surface area contributed by atoms with Crippen LogP contribution in [0.1, 0.15) is 84.5 Å². The number of ketones is 1. The average Bonchev–Trinajstić information content (AvgIpc) is 3.08. The molecule has 0 aliphatic heterocycles. The molecule has 1 aromatic heterocycles. The molecule has 0 radical (unpaired) electrons. The number of Topliss-reactive ketones (excluding diaryl/α,β-unsaturated/α-hetero) is 1. The molecule has 2 aliphatic carbocycles. The maximum atomic E-state index is 15.1. The first-order valence-electron chi connectivity index (χ1n) is 11.9. The van der Waals surface area contributed by atoms with E-state index in [4.69, 9.17) is 16.2 Å². The van der Waals surface area contributed by atoms with Crippen molar-refractivity contribution in [2.24, 2.45) is 16.9 Å². The van der Waals surface area contributed by atoms with Crippen LogP contribution in [0, 0.1) is 18.2 Å². The van der Waals surface area contributed by atoms with Crippen LogP contribution in [0.5, 0.6) is 0 Å². The molecule has 1 atom stereocenters. The number of hydrogen-bond acceptors (Lipinski definition) is 7. The number of nitrogens with one attached hydrogen (secondary N) is 1. The van der Waals surface area contributed by atoms with Crippen molar-refractivity contribution in [2.45, 2.75) is 78.0 Å². The zero-order chi connectivity index (χ0) is 25.5. The van der Waals surface area contributed by atoms with Crippen molar-refractivity contribution >= 4 is 23.3 Å². The number of carbonyl (C=O) groups excluding carboxylic acids is 3. The van der Waals surface area contributed by atoms with Gasteiger partial charge in [-0.2, -0.15) is 5.10 Å². The van der Waals surface area contributed by atoms with Gasteiger partial charge in [-0.05, 0) is 50.5 Å². The highest BCUT2D eigenvalue weighted by Crippen LogP contribution is 2.37. The van der Waals surface area contributed by atoms with Crippen molar-refractivity contribution in [3.8, 4) is 5.69 Å². The Morgan fingerprint density at radius 1 is 1.23 bits per heavy atom. The third-order valence-corrected chi connectivity index (χ3v) is 6.69. The molecule has 9 nitrogen and oxygen atoms in total. The monoisotopic (exact) mass is 485 g/mol. The highest BCUT2D eigenvalue weighted by molar-refractivity contribution is 6.01. The fourth-order valence-corrected chi connectivity index (χ4v) is 5.08. The topological polar surface area (TPSA) is 142 Å². The minimum atomic E-state index is -1.33. The number of carbonyl (C=O) groups is 3. The largest absolute Gasteiger partial charge is 0.460 e. The van der Waals surface area contributed by atoms with Crippen LogP contribution in [-0.4, -0.2) is 39.7 Å². The molecule has 2 aliphatic rings. The van der Waals surface area contributed by atoms with Crippen LogP contribution in [-0.2, 0) is 16.0 Å². The van der Waals surface area contributed by atoms with Crippen LogP contribution < -0.4 is 16.8 Å². The fraction of sp³-hybridized carbons (Fsp3) is 0.520.